The second kappa shape index (κ2) is 4.72. The summed E-state index contributed by atoms with van der Waals surface area (Å²) < 4.78 is 5.01. The van der Waals surface area contributed by atoms with Gasteiger partial charge >= 0.3 is 6.09 Å². The Kier molecular flexibility index (Phi) is 3.31. The third kappa shape index (κ3) is 2.13. The second-order valence-electron chi connectivity index (χ2n) is 3.65. The summed E-state index contributed by atoms with van der Waals surface area (Å²) in [6.45, 7) is 0.935. The molecule has 1 unspecified atom stereocenters. The minimum atomic E-state index is -0.319. The van der Waals surface area contributed by atoms with Crippen LogP contribution in [0, 0.1) is 0 Å². The van der Waals surface area contributed by atoms with Crippen LogP contribution in [0.5, 0.6) is 0 Å². The number of benzene rings is 1. The van der Waals surface area contributed by atoms with Crippen molar-refractivity contribution in [1.82, 2.24) is 0 Å². The normalized spacial score (nSPS) is 20.0. The third-order valence-corrected chi connectivity index (χ3v) is 2.82. The molecule has 1 aromatic carbocycles. The van der Waals surface area contributed by atoms with Crippen LogP contribution in [0.25, 0.3) is 0 Å². The topological polar surface area (TPSA) is 55.6 Å². The summed E-state index contributed by atoms with van der Waals surface area (Å²) in [5, 5.41) is 0.645. The maximum absolute atomic E-state index is 11.6. The van der Waals surface area contributed by atoms with Crippen LogP contribution in [0.2, 0.25) is 5.02 Å². The molecule has 0 bridgehead atoms. The summed E-state index contributed by atoms with van der Waals surface area (Å²) in [4.78, 5) is 13.2. The molecule has 16 heavy (non-hydrogen) atoms. The van der Waals surface area contributed by atoms with Crippen molar-refractivity contribution in [2.24, 2.45) is 5.73 Å². The molecule has 1 saturated heterocycles. The molecule has 1 aliphatic heterocycles. The number of anilines is 1. The molecule has 1 fully saturated rings. The molecule has 1 aromatic rings. The highest BCUT2D eigenvalue weighted by molar-refractivity contribution is 6.30. The van der Waals surface area contributed by atoms with Crippen LogP contribution in [0.4, 0.5) is 10.5 Å². The van der Waals surface area contributed by atoms with E-state index in [0.29, 0.717) is 18.2 Å². The number of cyclic esters (lactones) is 1. The summed E-state index contributed by atoms with van der Waals surface area (Å²) in [6.07, 6.45) is 0.412. The number of rotatable bonds is 3. The number of carbonyl (C=O) groups is 1. The summed E-state index contributed by atoms with van der Waals surface area (Å²) in [7, 11) is 0. The van der Waals surface area contributed by atoms with Gasteiger partial charge in [-0.05, 0) is 37.2 Å². The minimum Gasteiger partial charge on any atom is -0.447 e. The first-order chi connectivity index (χ1) is 7.72. The van der Waals surface area contributed by atoms with Crippen molar-refractivity contribution in [2.75, 3.05) is 18.1 Å². The van der Waals surface area contributed by atoms with E-state index in [1.54, 1.807) is 29.2 Å². The standard InChI is InChI=1S/C11H13ClN2O2/c12-8-1-3-9(4-2-8)14-10(5-6-13)7-16-11(14)15/h1-4,10H,5-7,13H2. The zero-order valence-corrected chi connectivity index (χ0v) is 9.48. The van der Waals surface area contributed by atoms with Crippen molar-refractivity contribution in [2.45, 2.75) is 12.5 Å². The molecule has 0 radical (unpaired) electrons. The molecule has 1 atom stereocenters. The lowest BCUT2D eigenvalue weighted by atomic mass is 10.2. The molecule has 2 N–H and O–H groups in total. The van der Waals surface area contributed by atoms with Gasteiger partial charge < -0.3 is 10.5 Å². The molecule has 1 amide bonds. The van der Waals surface area contributed by atoms with E-state index >= 15 is 0 Å². The molecule has 5 heteroatoms. The smallest absolute Gasteiger partial charge is 0.414 e. The highest BCUT2D eigenvalue weighted by atomic mass is 35.5. The van der Waals surface area contributed by atoms with Crippen LogP contribution >= 0.6 is 11.6 Å². The van der Waals surface area contributed by atoms with Gasteiger partial charge in [0.25, 0.3) is 0 Å². The van der Waals surface area contributed by atoms with Crippen LogP contribution in [0.15, 0.2) is 24.3 Å². The molecule has 0 aromatic heterocycles. The predicted molar refractivity (Wildman–Crippen MR) is 62.7 cm³/mol. The van der Waals surface area contributed by atoms with E-state index in [1.807, 2.05) is 0 Å². The minimum absolute atomic E-state index is 0.0266. The first-order valence-corrected chi connectivity index (χ1v) is 5.52. The number of hydrogen-bond donors (Lipinski definition) is 1. The van der Waals surface area contributed by atoms with Gasteiger partial charge in [-0.15, -0.1) is 0 Å². The van der Waals surface area contributed by atoms with Crippen molar-refractivity contribution in [1.29, 1.82) is 0 Å². The fourth-order valence-corrected chi connectivity index (χ4v) is 1.91. The Hall–Kier alpha value is -1.26. The Bertz CT molecular complexity index is 380. The highest BCUT2D eigenvalue weighted by Crippen LogP contribution is 2.25. The molecule has 4 nitrogen and oxygen atoms in total. The molecule has 0 spiro atoms. The molecule has 2 rings (SSSR count). The quantitative estimate of drug-likeness (QED) is 0.879. The fraction of sp³-hybridized carbons (Fsp3) is 0.364. The largest absolute Gasteiger partial charge is 0.447 e. The number of hydrogen-bond acceptors (Lipinski definition) is 3. The molecule has 0 aliphatic carbocycles. The van der Waals surface area contributed by atoms with Crippen LogP contribution in [0.1, 0.15) is 6.42 Å². The first-order valence-electron chi connectivity index (χ1n) is 5.14. The average molecular weight is 241 g/mol. The summed E-state index contributed by atoms with van der Waals surface area (Å²) in [5.41, 5.74) is 6.30. The zero-order chi connectivity index (χ0) is 11.5. The number of ether oxygens (including phenoxy) is 1. The Morgan fingerprint density at radius 1 is 1.44 bits per heavy atom. The first kappa shape index (κ1) is 11.2. The van der Waals surface area contributed by atoms with Gasteiger partial charge in [0, 0.05) is 10.7 Å². The number of carbonyl (C=O) groups excluding carboxylic acids is 1. The van der Waals surface area contributed by atoms with Gasteiger partial charge in [0.15, 0.2) is 0 Å². The lowest BCUT2D eigenvalue weighted by Gasteiger charge is -2.20. The summed E-state index contributed by atoms with van der Waals surface area (Å²) in [5.74, 6) is 0. The molecule has 86 valence electrons. The van der Waals surface area contributed by atoms with Gasteiger partial charge in [-0.1, -0.05) is 11.6 Å². The molecule has 0 saturated carbocycles. The lowest BCUT2D eigenvalue weighted by Crippen LogP contribution is -2.34. The maximum Gasteiger partial charge on any atom is 0.414 e. The maximum atomic E-state index is 11.6. The summed E-state index contributed by atoms with van der Waals surface area (Å²) >= 11 is 5.80. The Morgan fingerprint density at radius 2 is 2.12 bits per heavy atom. The van der Waals surface area contributed by atoms with Crippen LogP contribution in [0.3, 0.4) is 0 Å². The predicted octanol–water partition coefficient (Wildman–Crippen LogP) is 2.01. The number of nitrogens with zero attached hydrogens (tertiary/aromatic N) is 1. The summed E-state index contributed by atoms with van der Waals surface area (Å²) in [6, 6.07) is 7.14. The Morgan fingerprint density at radius 3 is 2.75 bits per heavy atom. The van der Waals surface area contributed by atoms with E-state index in [0.717, 1.165) is 12.1 Å². The lowest BCUT2D eigenvalue weighted by molar-refractivity contribution is 0.178. The van der Waals surface area contributed by atoms with Crippen molar-refractivity contribution < 1.29 is 9.53 Å². The van der Waals surface area contributed by atoms with Crippen molar-refractivity contribution in [3.8, 4) is 0 Å². The SMILES string of the molecule is NCCC1COC(=O)N1c1ccc(Cl)cc1. The van der Waals surface area contributed by atoms with Crippen molar-refractivity contribution in [3.05, 3.63) is 29.3 Å². The number of halogens is 1. The van der Waals surface area contributed by atoms with E-state index in [2.05, 4.69) is 0 Å². The van der Waals surface area contributed by atoms with E-state index in [4.69, 9.17) is 22.1 Å². The Balaban J connectivity index is 2.22. The van der Waals surface area contributed by atoms with Crippen molar-refractivity contribution in [3.63, 3.8) is 0 Å². The monoisotopic (exact) mass is 240 g/mol. The number of amides is 1. The van der Waals surface area contributed by atoms with E-state index in [9.17, 15) is 4.79 Å². The fourth-order valence-electron chi connectivity index (χ4n) is 1.78. The Labute approximate surface area is 98.9 Å². The van der Waals surface area contributed by atoms with Crippen molar-refractivity contribution >= 4 is 23.4 Å². The second-order valence-corrected chi connectivity index (χ2v) is 4.09. The van der Waals surface area contributed by atoms with Gasteiger partial charge in [-0.2, -0.15) is 0 Å². The van der Waals surface area contributed by atoms with Gasteiger partial charge in [-0.3, -0.25) is 4.90 Å². The molecular weight excluding hydrogens is 228 g/mol. The van der Waals surface area contributed by atoms with Crippen LogP contribution < -0.4 is 10.6 Å². The van der Waals surface area contributed by atoms with E-state index in [-0.39, 0.29) is 12.1 Å². The third-order valence-electron chi connectivity index (χ3n) is 2.57. The van der Waals surface area contributed by atoms with Crippen LogP contribution in [-0.4, -0.2) is 25.3 Å². The van der Waals surface area contributed by atoms with Crippen LogP contribution in [-0.2, 0) is 4.74 Å². The van der Waals surface area contributed by atoms with Gasteiger partial charge in [0.05, 0.1) is 6.04 Å². The average Bonchev–Trinajstić information content (AvgIpc) is 2.62. The zero-order valence-electron chi connectivity index (χ0n) is 8.73. The number of nitrogens with two attached hydrogens (primary N) is 1. The van der Waals surface area contributed by atoms with Gasteiger partial charge in [0.1, 0.15) is 6.61 Å². The molecule has 1 heterocycles. The molecule has 1 aliphatic rings. The van der Waals surface area contributed by atoms with Gasteiger partial charge in [0.2, 0.25) is 0 Å². The van der Waals surface area contributed by atoms with Gasteiger partial charge in [-0.25, -0.2) is 4.79 Å². The van der Waals surface area contributed by atoms with E-state index in [1.165, 1.54) is 0 Å². The van der Waals surface area contributed by atoms with E-state index < -0.39 is 0 Å². The highest BCUT2D eigenvalue weighted by Gasteiger charge is 2.33. The molecular formula is C11H13ClN2O2.